The Morgan fingerprint density at radius 1 is 1.16 bits per heavy atom. The van der Waals surface area contributed by atoms with Crippen LogP contribution in [0.4, 0.5) is 0 Å². The minimum absolute atomic E-state index is 0.0739. The molecule has 3 amide bonds. The third kappa shape index (κ3) is 4.56. The van der Waals surface area contributed by atoms with Gasteiger partial charge in [0.25, 0.3) is 17.7 Å². The van der Waals surface area contributed by atoms with Gasteiger partial charge in [-0.3, -0.25) is 24.1 Å². The summed E-state index contributed by atoms with van der Waals surface area (Å²) in [5, 5.41) is 0. The van der Waals surface area contributed by atoms with Crippen LogP contribution in [0.15, 0.2) is 30.9 Å². The monoisotopic (exact) mass is 442 g/mol. The van der Waals surface area contributed by atoms with Crippen LogP contribution in [-0.4, -0.2) is 71.8 Å². The molecule has 0 aliphatic carbocycles. The van der Waals surface area contributed by atoms with Gasteiger partial charge in [0.15, 0.2) is 6.10 Å². The quantitative estimate of drug-likeness (QED) is 0.360. The van der Waals surface area contributed by atoms with Crippen molar-refractivity contribution in [1.29, 1.82) is 0 Å². The van der Waals surface area contributed by atoms with Crippen molar-refractivity contribution in [3.8, 4) is 0 Å². The molecule has 0 spiro atoms. The maximum atomic E-state index is 12.7. The van der Waals surface area contributed by atoms with E-state index in [0.717, 1.165) is 4.90 Å². The Bertz CT molecular complexity index is 963. The molecular formula is C23H26N2O7. The van der Waals surface area contributed by atoms with Gasteiger partial charge >= 0.3 is 11.9 Å². The third-order valence-corrected chi connectivity index (χ3v) is 5.58. The molecule has 1 saturated heterocycles. The lowest BCUT2D eigenvalue weighted by molar-refractivity contribution is -0.152. The topological polar surface area (TPSA) is 110 Å². The van der Waals surface area contributed by atoms with Gasteiger partial charge in [0.2, 0.25) is 0 Å². The van der Waals surface area contributed by atoms with Crippen molar-refractivity contribution < 1.29 is 33.4 Å². The van der Waals surface area contributed by atoms with Crippen molar-refractivity contribution in [3.05, 3.63) is 47.5 Å². The molecule has 0 aromatic heterocycles. The van der Waals surface area contributed by atoms with Gasteiger partial charge in [0.05, 0.1) is 29.2 Å². The summed E-state index contributed by atoms with van der Waals surface area (Å²) >= 11 is 0. The Morgan fingerprint density at radius 2 is 1.81 bits per heavy atom. The second-order valence-electron chi connectivity index (χ2n) is 7.67. The Balaban J connectivity index is 1.60. The Hall–Kier alpha value is -3.49. The fourth-order valence-corrected chi connectivity index (χ4v) is 3.84. The van der Waals surface area contributed by atoms with Crippen molar-refractivity contribution in [3.63, 3.8) is 0 Å². The summed E-state index contributed by atoms with van der Waals surface area (Å²) < 4.78 is 10.3. The van der Waals surface area contributed by atoms with Gasteiger partial charge in [-0.15, -0.1) is 6.58 Å². The van der Waals surface area contributed by atoms with E-state index < -0.39 is 23.9 Å². The van der Waals surface area contributed by atoms with Crippen molar-refractivity contribution in [1.82, 2.24) is 9.80 Å². The van der Waals surface area contributed by atoms with E-state index in [-0.39, 0.29) is 41.0 Å². The van der Waals surface area contributed by atoms with E-state index in [1.165, 1.54) is 31.2 Å². The van der Waals surface area contributed by atoms with Gasteiger partial charge in [-0.05, 0) is 44.9 Å². The third-order valence-electron chi connectivity index (χ3n) is 5.58. The Kier molecular flexibility index (Phi) is 7.07. The molecule has 9 nitrogen and oxygen atoms in total. The summed E-state index contributed by atoms with van der Waals surface area (Å²) in [6.07, 6.45) is 1.39. The minimum atomic E-state index is -1.04. The second kappa shape index (κ2) is 9.76. The molecule has 2 heterocycles. The minimum Gasteiger partial charge on any atom is -0.466 e. The molecule has 0 N–H and O–H groups in total. The fourth-order valence-electron chi connectivity index (χ4n) is 3.84. The molecule has 1 fully saturated rings. The van der Waals surface area contributed by atoms with Crippen LogP contribution in [0.3, 0.4) is 0 Å². The van der Waals surface area contributed by atoms with Gasteiger partial charge in [-0.1, -0.05) is 6.08 Å². The summed E-state index contributed by atoms with van der Waals surface area (Å²) in [7, 11) is 0. The zero-order valence-electron chi connectivity index (χ0n) is 18.2. The van der Waals surface area contributed by atoms with E-state index in [0.29, 0.717) is 32.5 Å². The Labute approximate surface area is 185 Å². The number of carbonyl (C=O) groups excluding carboxylic acids is 5. The van der Waals surface area contributed by atoms with Gasteiger partial charge in [0, 0.05) is 19.6 Å². The number of fused-ring (bicyclic) bond motifs is 1. The van der Waals surface area contributed by atoms with Crippen molar-refractivity contribution >= 4 is 29.7 Å². The predicted molar refractivity (Wildman–Crippen MR) is 113 cm³/mol. The number of nitrogens with zero attached hydrogens (tertiary/aromatic N) is 2. The highest BCUT2D eigenvalue weighted by Gasteiger charge is 2.36. The summed E-state index contributed by atoms with van der Waals surface area (Å²) in [4.78, 5) is 64.4. The van der Waals surface area contributed by atoms with Crippen LogP contribution in [0.1, 0.15) is 57.8 Å². The second-order valence-corrected chi connectivity index (χ2v) is 7.67. The number of piperidine rings is 1. The van der Waals surface area contributed by atoms with Crippen LogP contribution in [0.5, 0.6) is 0 Å². The lowest BCUT2D eigenvalue weighted by Crippen LogP contribution is -2.45. The molecule has 1 aromatic carbocycles. The summed E-state index contributed by atoms with van der Waals surface area (Å²) in [6, 6.07) is 4.11. The zero-order valence-corrected chi connectivity index (χ0v) is 18.2. The highest BCUT2D eigenvalue weighted by Crippen LogP contribution is 2.25. The molecule has 32 heavy (non-hydrogen) atoms. The number of amides is 3. The number of likely N-dealkylation sites (tertiary alicyclic amines) is 1. The van der Waals surface area contributed by atoms with Gasteiger partial charge < -0.3 is 14.4 Å². The molecule has 0 unspecified atom stereocenters. The first-order valence-electron chi connectivity index (χ1n) is 10.6. The molecule has 0 radical (unpaired) electrons. The van der Waals surface area contributed by atoms with E-state index in [1.54, 1.807) is 11.8 Å². The first kappa shape index (κ1) is 23.2. The van der Waals surface area contributed by atoms with Gasteiger partial charge in [0.1, 0.15) is 0 Å². The summed E-state index contributed by atoms with van der Waals surface area (Å²) in [5.41, 5.74) is 0.402. The van der Waals surface area contributed by atoms with E-state index in [9.17, 15) is 24.0 Å². The number of ether oxygens (including phenoxy) is 2. The molecule has 2 aliphatic heterocycles. The maximum Gasteiger partial charge on any atom is 0.338 e. The van der Waals surface area contributed by atoms with Crippen molar-refractivity contribution in [2.24, 2.45) is 5.92 Å². The molecule has 3 rings (SSSR count). The highest BCUT2D eigenvalue weighted by molar-refractivity contribution is 6.22. The van der Waals surface area contributed by atoms with E-state index in [4.69, 9.17) is 9.47 Å². The summed E-state index contributed by atoms with van der Waals surface area (Å²) in [6.45, 7) is 7.90. The molecule has 9 heteroatoms. The lowest BCUT2D eigenvalue weighted by Gasteiger charge is -2.32. The van der Waals surface area contributed by atoms with Crippen molar-refractivity contribution in [2.75, 3.05) is 26.2 Å². The van der Waals surface area contributed by atoms with Gasteiger partial charge in [-0.2, -0.15) is 0 Å². The van der Waals surface area contributed by atoms with Crippen molar-refractivity contribution in [2.45, 2.75) is 32.8 Å². The average molecular weight is 442 g/mol. The summed E-state index contributed by atoms with van der Waals surface area (Å²) in [5.74, 6) is -2.56. The number of hydrogen-bond donors (Lipinski definition) is 0. The van der Waals surface area contributed by atoms with E-state index in [1.807, 2.05) is 0 Å². The standard InChI is InChI=1S/C23H26N2O7/c1-4-10-25-20(27)17-7-6-16(13-18(17)21(25)28)23(30)32-14(3)19(26)24-11-8-15(9-12-24)22(29)31-5-2/h4,6-7,13-15H,1,5,8-12H2,2-3H3/t14-/m1/s1. The molecule has 0 saturated carbocycles. The lowest BCUT2D eigenvalue weighted by atomic mass is 9.96. The molecular weight excluding hydrogens is 416 g/mol. The number of esters is 2. The predicted octanol–water partition coefficient (Wildman–Crippen LogP) is 1.82. The van der Waals surface area contributed by atoms with E-state index >= 15 is 0 Å². The molecule has 1 aromatic rings. The van der Waals surface area contributed by atoms with Crippen LogP contribution in [-0.2, 0) is 19.1 Å². The molecule has 0 bridgehead atoms. The molecule has 170 valence electrons. The number of imide groups is 1. The number of benzene rings is 1. The first-order chi connectivity index (χ1) is 15.3. The highest BCUT2D eigenvalue weighted by atomic mass is 16.5. The molecule has 2 aliphatic rings. The normalized spacial score (nSPS) is 17.1. The fraction of sp³-hybridized carbons (Fsp3) is 0.435. The van der Waals surface area contributed by atoms with Crippen LogP contribution in [0, 0.1) is 5.92 Å². The molecule has 1 atom stereocenters. The average Bonchev–Trinajstić information content (AvgIpc) is 3.03. The van der Waals surface area contributed by atoms with Crippen LogP contribution in [0.2, 0.25) is 0 Å². The van der Waals surface area contributed by atoms with Crippen LogP contribution in [0.25, 0.3) is 0 Å². The number of hydrogen-bond acceptors (Lipinski definition) is 7. The Morgan fingerprint density at radius 3 is 2.44 bits per heavy atom. The smallest absolute Gasteiger partial charge is 0.338 e. The van der Waals surface area contributed by atoms with Crippen LogP contribution >= 0.6 is 0 Å². The largest absolute Gasteiger partial charge is 0.466 e. The zero-order chi connectivity index (χ0) is 23.4. The maximum absolute atomic E-state index is 12.7. The number of rotatable bonds is 7. The first-order valence-corrected chi connectivity index (χ1v) is 10.6. The van der Waals surface area contributed by atoms with Crippen LogP contribution < -0.4 is 0 Å². The van der Waals surface area contributed by atoms with E-state index in [2.05, 4.69) is 6.58 Å². The van der Waals surface area contributed by atoms with Gasteiger partial charge in [-0.25, -0.2) is 4.79 Å². The number of carbonyl (C=O) groups is 5. The SMILES string of the molecule is C=CCN1C(=O)c2ccc(C(=O)O[C@H](C)C(=O)N3CCC(C(=O)OCC)CC3)cc2C1=O.